The molecular formula is C15H20Br2N2O. The van der Waals surface area contributed by atoms with Gasteiger partial charge in [-0.2, -0.15) is 0 Å². The summed E-state index contributed by atoms with van der Waals surface area (Å²) < 4.78 is 1.76. The predicted octanol–water partition coefficient (Wildman–Crippen LogP) is 3.77. The molecule has 0 heterocycles. The highest BCUT2D eigenvalue weighted by Gasteiger charge is 2.40. The van der Waals surface area contributed by atoms with Gasteiger partial charge in [-0.15, -0.1) is 0 Å². The highest BCUT2D eigenvalue weighted by molar-refractivity contribution is 9.11. The third-order valence-corrected chi connectivity index (χ3v) is 5.45. The van der Waals surface area contributed by atoms with Crippen molar-refractivity contribution in [1.82, 2.24) is 9.80 Å². The molecule has 0 N–H and O–H groups in total. The molecular weight excluding hydrogens is 384 g/mol. The maximum absolute atomic E-state index is 12.6. The summed E-state index contributed by atoms with van der Waals surface area (Å²) in [4.78, 5) is 16.7. The van der Waals surface area contributed by atoms with Crippen LogP contribution in [0, 0.1) is 0 Å². The van der Waals surface area contributed by atoms with E-state index in [1.165, 1.54) is 6.42 Å². The first-order valence-corrected chi connectivity index (χ1v) is 8.32. The standard InChI is InChI=1S/C15H20Br2N2O/c1-18(2)15(7-4-8-15)10-19(3)14(20)12-9-11(16)5-6-13(12)17/h5-6,9H,4,7-8,10H2,1-3H3. The SMILES string of the molecule is CN(CC1(N(C)C)CCC1)C(=O)c1cc(Br)ccc1Br. The molecule has 0 saturated heterocycles. The van der Waals surface area contributed by atoms with Crippen molar-refractivity contribution in [1.29, 1.82) is 0 Å². The number of hydrogen-bond acceptors (Lipinski definition) is 2. The molecule has 0 radical (unpaired) electrons. The number of amides is 1. The molecule has 1 fully saturated rings. The van der Waals surface area contributed by atoms with Crippen LogP contribution >= 0.6 is 31.9 Å². The lowest BCUT2D eigenvalue weighted by Gasteiger charge is -2.49. The van der Waals surface area contributed by atoms with Crippen LogP contribution in [0.4, 0.5) is 0 Å². The fourth-order valence-electron chi connectivity index (χ4n) is 2.71. The molecule has 2 rings (SSSR count). The Kier molecular flexibility index (Phi) is 4.92. The van der Waals surface area contributed by atoms with Gasteiger partial charge in [-0.05, 0) is 67.5 Å². The van der Waals surface area contributed by atoms with Crippen LogP contribution < -0.4 is 0 Å². The fraction of sp³-hybridized carbons (Fsp3) is 0.533. The lowest BCUT2D eigenvalue weighted by atomic mass is 9.75. The number of likely N-dealkylation sites (N-methyl/N-ethyl adjacent to an activating group) is 2. The molecule has 110 valence electrons. The molecule has 0 aliphatic heterocycles. The van der Waals surface area contributed by atoms with Crippen molar-refractivity contribution in [2.75, 3.05) is 27.7 Å². The van der Waals surface area contributed by atoms with E-state index in [2.05, 4.69) is 50.9 Å². The minimum absolute atomic E-state index is 0.0614. The van der Waals surface area contributed by atoms with E-state index < -0.39 is 0 Å². The second-order valence-corrected chi connectivity index (χ2v) is 7.53. The van der Waals surface area contributed by atoms with Crippen molar-refractivity contribution in [2.45, 2.75) is 24.8 Å². The van der Waals surface area contributed by atoms with Crippen LogP contribution in [0.1, 0.15) is 29.6 Å². The number of rotatable bonds is 4. The van der Waals surface area contributed by atoms with Crippen LogP contribution in [0.2, 0.25) is 0 Å². The van der Waals surface area contributed by atoms with Gasteiger partial charge in [0.25, 0.3) is 5.91 Å². The van der Waals surface area contributed by atoms with Crippen LogP contribution in [0.5, 0.6) is 0 Å². The normalized spacial score (nSPS) is 16.9. The van der Waals surface area contributed by atoms with Crippen molar-refractivity contribution in [2.24, 2.45) is 0 Å². The molecule has 3 nitrogen and oxygen atoms in total. The molecule has 1 aliphatic rings. The van der Waals surface area contributed by atoms with Gasteiger partial charge in [0.2, 0.25) is 0 Å². The molecule has 1 amide bonds. The molecule has 0 atom stereocenters. The first-order valence-electron chi connectivity index (χ1n) is 6.74. The van der Waals surface area contributed by atoms with Crippen LogP contribution in [-0.4, -0.2) is 48.9 Å². The van der Waals surface area contributed by atoms with Gasteiger partial charge in [-0.3, -0.25) is 4.79 Å². The molecule has 1 aromatic carbocycles. The number of nitrogens with zero attached hydrogens (tertiary/aromatic N) is 2. The summed E-state index contributed by atoms with van der Waals surface area (Å²) in [6.07, 6.45) is 3.58. The van der Waals surface area contributed by atoms with Crippen molar-refractivity contribution in [3.8, 4) is 0 Å². The van der Waals surface area contributed by atoms with E-state index in [-0.39, 0.29) is 11.4 Å². The average Bonchev–Trinajstić information content (AvgIpc) is 2.35. The lowest BCUT2D eigenvalue weighted by molar-refractivity contribution is 0.0252. The number of hydrogen-bond donors (Lipinski definition) is 0. The highest BCUT2D eigenvalue weighted by atomic mass is 79.9. The number of halogens is 2. The predicted molar refractivity (Wildman–Crippen MR) is 89.1 cm³/mol. The molecule has 1 aliphatic carbocycles. The van der Waals surface area contributed by atoms with Gasteiger partial charge in [0, 0.05) is 28.1 Å². The Morgan fingerprint density at radius 2 is 1.90 bits per heavy atom. The molecule has 1 saturated carbocycles. The van der Waals surface area contributed by atoms with Crippen molar-refractivity contribution >= 4 is 37.8 Å². The van der Waals surface area contributed by atoms with Gasteiger partial charge in [0.1, 0.15) is 0 Å². The third-order valence-electron chi connectivity index (χ3n) is 4.27. The zero-order valence-corrected chi connectivity index (χ0v) is 15.3. The first kappa shape index (κ1) is 16.0. The van der Waals surface area contributed by atoms with Crippen molar-refractivity contribution in [3.05, 3.63) is 32.7 Å². The highest BCUT2D eigenvalue weighted by Crippen LogP contribution is 2.37. The van der Waals surface area contributed by atoms with E-state index >= 15 is 0 Å². The summed E-state index contributed by atoms with van der Waals surface area (Å²) in [7, 11) is 6.10. The quantitative estimate of drug-likeness (QED) is 0.763. The van der Waals surface area contributed by atoms with Gasteiger partial charge in [0.15, 0.2) is 0 Å². The average molecular weight is 404 g/mol. The van der Waals surface area contributed by atoms with Crippen LogP contribution in [0.15, 0.2) is 27.1 Å². The van der Waals surface area contributed by atoms with Gasteiger partial charge in [-0.25, -0.2) is 0 Å². The molecule has 20 heavy (non-hydrogen) atoms. The number of benzene rings is 1. The Morgan fingerprint density at radius 1 is 1.25 bits per heavy atom. The topological polar surface area (TPSA) is 23.6 Å². The zero-order chi connectivity index (χ0) is 14.9. The largest absolute Gasteiger partial charge is 0.340 e. The zero-order valence-electron chi connectivity index (χ0n) is 12.1. The Balaban J connectivity index is 2.14. The van der Waals surface area contributed by atoms with E-state index in [9.17, 15) is 4.79 Å². The van der Waals surface area contributed by atoms with E-state index in [1.54, 1.807) is 0 Å². The van der Waals surface area contributed by atoms with E-state index in [0.717, 1.165) is 28.3 Å². The molecule has 0 bridgehead atoms. The Labute approximate surface area is 137 Å². The number of carbonyl (C=O) groups excluding carboxylic acids is 1. The maximum Gasteiger partial charge on any atom is 0.254 e. The minimum Gasteiger partial charge on any atom is -0.340 e. The Morgan fingerprint density at radius 3 is 2.40 bits per heavy atom. The Bertz CT molecular complexity index is 513. The smallest absolute Gasteiger partial charge is 0.254 e. The van der Waals surface area contributed by atoms with Crippen molar-refractivity contribution < 1.29 is 4.79 Å². The van der Waals surface area contributed by atoms with Crippen molar-refractivity contribution in [3.63, 3.8) is 0 Å². The lowest BCUT2D eigenvalue weighted by Crippen LogP contribution is -2.57. The molecule has 0 spiro atoms. The molecule has 0 unspecified atom stereocenters. The van der Waals surface area contributed by atoms with Gasteiger partial charge in [-0.1, -0.05) is 15.9 Å². The Hall–Kier alpha value is -0.390. The van der Waals surface area contributed by atoms with Crippen LogP contribution in [0.3, 0.4) is 0 Å². The number of carbonyl (C=O) groups is 1. The molecule has 5 heteroatoms. The summed E-state index contributed by atoms with van der Waals surface area (Å²) in [6.45, 7) is 0.776. The van der Waals surface area contributed by atoms with E-state index in [0.29, 0.717) is 5.56 Å². The summed E-state index contributed by atoms with van der Waals surface area (Å²) in [5.41, 5.74) is 0.859. The van der Waals surface area contributed by atoms with Crippen LogP contribution in [-0.2, 0) is 0 Å². The van der Waals surface area contributed by atoms with E-state index in [4.69, 9.17) is 0 Å². The second-order valence-electron chi connectivity index (χ2n) is 5.76. The van der Waals surface area contributed by atoms with Gasteiger partial charge >= 0.3 is 0 Å². The summed E-state index contributed by atoms with van der Waals surface area (Å²) in [5, 5.41) is 0. The maximum atomic E-state index is 12.6. The molecule has 0 aromatic heterocycles. The summed E-state index contributed by atoms with van der Waals surface area (Å²) in [5.74, 6) is 0.0614. The van der Waals surface area contributed by atoms with Crippen LogP contribution in [0.25, 0.3) is 0 Å². The first-order chi connectivity index (χ1) is 9.35. The second kappa shape index (κ2) is 6.16. The monoisotopic (exact) mass is 402 g/mol. The summed E-state index contributed by atoms with van der Waals surface area (Å²) >= 11 is 6.88. The van der Waals surface area contributed by atoms with Gasteiger partial charge in [0.05, 0.1) is 5.56 Å². The van der Waals surface area contributed by atoms with Gasteiger partial charge < -0.3 is 9.80 Å². The molecule has 1 aromatic rings. The van der Waals surface area contributed by atoms with E-state index in [1.807, 2.05) is 30.1 Å². The summed E-state index contributed by atoms with van der Waals surface area (Å²) in [6, 6.07) is 5.69. The fourth-order valence-corrected chi connectivity index (χ4v) is 3.49. The minimum atomic E-state index is 0.0614. The third kappa shape index (κ3) is 3.10.